The quantitative estimate of drug-likeness (QED) is 0.546. The zero-order valence-corrected chi connectivity index (χ0v) is 17.6. The molecule has 4 aromatic heterocycles. The molecule has 9 nitrogen and oxygen atoms in total. The Bertz CT molecular complexity index is 1260. The molecule has 5 heterocycles. The molecular formula is C22H24N8O. The maximum Gasteiger partial charge on any atom is 0.163 e. The highest BCUT2D eigenvalue weighted by Crippen LogP contribution is 2.39. The fourth-order valence-corrected chi connectivity index (χ4v) is 4.30. The van der Waals surface area contributed by atoms with E-state index in [1.165, 1.54) is 0 Å². The van der Waals surface area contributed by atoms with Crippen molar-refractivity contribution < 1.29 is 4.74 Å². The topological polar surface area (TPSA) is 97.6 Å². The van der Waals surface area contributed by atoms with Crippen molar-refractivity contribution in [1.29, 1.82) is 0 Å². The lowest BCUT2D eigenvalue weighted by Crippen LogP contribution is -2.44. The van der Waals surface area contributed by atoms with E-state index >= 15 is 0 Å². The van der Waals surface area contributed by atoms with Gasteiger partial charge in [-0.05, 0) is 38.8 Å². The van der Waals surface area contributed by atoms with Crippen molar-refractivity contribution in [2.24, 2.45) is 0 Å². The molecule has 0 aromatic carbocycles. The predicted molar refractivity (Wildman–Crippen MR) is 117 cm³/mol. The monoisotopic (exact) mass is 416 g/mol. The molecule has 1 aliphatic heterocycles. The lowest BCUT2D eigenvalue weighted by molar-refractivity contribution is 0.0985. The Morgan fingerprint density at radius 3 is 2.94 bits per heavy atom. The van der Waals surface area contributed by atoms with Crippen molar-refractivity contribution in [3.63, 3.8) is 0 Å². The summed E-state index contributed by atoms with van der Waals surface area (Å²) in [5.74, 6) is 1.58. The van der Waals surface area contributed by atoms with E-state index in [0.29, 0.717) is 25.1 Å². The second-order valence-corrected chi connectivity index (χ2v) is 8.35. The van der Waals surface area contributed by atoms with Crippen LogP contribution in [0.3, 0.4) is 0 Å². The number of pyridine rings is 1. The Hall–Kier alpha value is -3.33. The first-order valence-electron chi connectivity index (χ1n) is 10.8. The van der Waals surface area contributed by atoms with Gasteiger partial charge in [0.05, 0.1) is 36.7 Å². The lowest BCUT2D eigenvalue weighted by Gasteiger charge is -2.34. The SMILES string of the molecule is Cc1nnn(C2CC2)c1-c1cc(N2CCOCC2C)nc(-c2ccnc3[nH]ccc23)n1. The van der Waals surface area contributed by atoms with Crippen LogP contribution in [0.15, 0.2) is 30.6 Å². The molecule has 1 saturated heterocycles. The van der Waals surface area contributed by atoms with Gasteiger partial charge in [-0.25, -0.2) is 19.6 Å². The summed E-state index contributed by atoms with van der Waals surface area (Å²) in [5, 5.41) is 9.78. The Balaban J connectivity index is 1.56. The molecule has 1 aliphatic carbocycles. The van der Waals surface area contributed by atoms with Crippen LogP contribution in [0.1, 0.15) is 31.5 Å². The fraction of sp³-hybridized carbons (Fsp3) is 0.409. The second-order valence-electron chi connectivity index (χ2n) is 8.35. The summed E-state index contributed by atoms with van der Waals surface area (Å²) < 4.78 is 7.69. The zero-order valence-electron chi connectivity index (χ0n) is 17.6. The molecule has 0 spiro atoms. The number of ether oxygens (including phenoxy) is 1. The highest BCUT2D eigenvalue weighted by atomic mass is 16.5. The van der Waals surface area contributed by atoms with Crippen LogP contribution in [0.2, 0.25) is 0 Å². The average Bonchev–Trinajstić information content (AvgIpc) is 3.38. The smallest absolute Gasteiger partial charge is 0.163 e. The average molecular weight is 416 g/mol. The minimum absolute atomic E-state index is 0.238. The lowest BCUT2D eigenvalue weighted by atomic mass is 10.1. The third-order valence-corrected chi connectivity index (χ3v) is 6.07. The molecule has 1 atom stereocenters. The van der Waals surface area contributed by atoms with Gasteiger partial charge in [-0.15, -0.1) is 5.10 Å². The van der Waals surface area contributed by atoms with Gasteiger partial charge in [0.2, 0.25) is 0 Å². The van der Waals surface area contributed by atoms with E-state index in [-0.39, 0.29) is 6.04 Å². The summed E-state index contributed by atoms with van der Waals surface area (Å²) in [7, 11) is 0. The number of hydrogen-bond acceptors (Lipinski definition) is 7. The molecule has 2 aliphatic rings. The van der Waals surface area contributed by atoms with E-state index in [1.807, 2.05) is 29.9 Å². The van der Waals surface area contributed by atoms with Crippen LogP contribution >= 0.6 is 0 Å². The number of morpholine rings is 1. The van der Waals surface area contributed by atoms with Gasteiger partial charge in [-0.1, -0.05) is 5.21 Å². The Labute approximate surface area is 179 Å². The molecule has 31 heavy (non-hydrogen) atoms. The summed E-state index contributed by atoms with van der Waals surface area (Å²) >= 11 is 0. The van der Waals surface area contributed by atoms with Crippen molar-refractivity contribution in [2.75, 3.05) is 24.7 Å². The molecular weight excluding hydrogens is 392 g/mol. The summed E-state index contributed by atoms with van der Waals surface area (Å²) in [6, 6.07) is 6.72. The Morgan fingerprint density at radius 2 is 2.10 bits per heavy atom. The number of H-pyrrole nitrogens is 1. The van der Waals surface area contributed by atoms with Gasteiger partial charge in [0.15, 0.2) is 5.82 Å². The molecule has 1 N–H and O–H groups in total. The van der Waals surface area contributed by atoms with Gasteiger partial charge in [0, 0.05) is 36.0 Å². The standard InChI is InChI=1S/C22H24N8O/c1-13-12-31-10-9-29(13)19-11-18(20-14(2)27-28-30(20)15-3-4-15)25-22(26-19)17-6-8-24-21-16(17)5-7-23-21/h5-8,11,13,15H,3-4,9-10,12H2,1-2H3,(H,23,24). The van der Waals surface area contributed by atoms with Crippen molar-refractivity contribution in [1.82, 2.24) is 34.9 Å². The molecule has 1 saturated carbocycles. The van der Waals surface area contributed by atoms with Crippen LogP contribution in [-0.4, -0.2) is 60.7 Å². The summed E-state index contributed by atoms with van der Waals surface area (Å²) in [4.78, 5) is 19.9. The summed E-state index contributed by atoms with van der Waals surface area (Å²) in [6.07, 6.45) is 5.96. The number of aromatic amines is 1. The number of anilines is 1. The maximum atomic E-state index is 5.65. The molecule has 158 valence electrons. The van der Waals surface area contributed by atoms with Gasteiger partial charge >= 0.3 is 0 Å². The zero-order chi connectivity index (χ0) is 20.9. The van der Waals surface area contributed by atoms with Crippen LogP contribution in [0, 0.1) is 6.92 Å². The van der Waals surface area contributed by atoms with Crippen LogP contribution in [-0.2, 0) is 4.74 Å². The van der Waals surface area contributed by atoms with E-state index in [0.717, 1.165) is 58.9 Å². The third-order valence-electron chi connectivity index (χ3n) is 6.07. The van der Waals surface area contributed by atoms with E-state index in [1.54, 1.807) is 6.20 Å². The van der Waals surface area contributed by atoms with Crippen molar-refractivity contribution in [2.45, 2.75) is 38.8 Å². The van der Waals surface area contributed by atoms with Crippen LogP contribution < -0.4 is 4.90 Å². The van der Waals surface area contributed by atoms with Gasteiger partial charge < -0.3 is 14.6 Å². The van der Waals surface area contributed by atoms with Gasteiger partial charge in [-0.3, -0.25) is 0 Å². The molecule has 1 unspecified atom stereocenters. The number of aromatic nitrogens is 7. The maximum absolute atomic E-state index is 5.65. The molecule has 9 heteroatoms. The molecule has 2 fully saturated rings. The summed E-state index contributed by atoms with van der Waals surface area (Å²) in [6.45, 7) is 6.34. The number of aryl methyl sites for hydroxylation is 1. The molecule has 6 rings (SSSR count). The number of nitrogens with zero attached hydrogens (tertiary/aromatic N) is 7. The first kappa shape index (κ1) is 18.4. The van der Waals surface area contributed by atoms with E-state index in [2.05, 4.69) is 38.2 Å². The van der Waals surface area contributed by atoms with Gasteiger partial charge in [0.25, 0.3) is 0 Å². The van der Waals surface area contributed by atoms with Crippen LogP contribution in [0.25, 0.3) is 33.8 Å². The summed E-state index contributed by atoms with van der Waals surface area (Å²) in [5.41, 5.74) is 4.51. The molecule has 0 radical (unpaired) electrons. The minimum atomic E-state index is 0.238. The normalized spacial score (nSPS) is 19.3. The van der Waals surface area contributed by atoms with E-state index in [4.69, 9.17) is 14.7 Å². The van der Waals surface area contributed by atoms with E-state index in [9.17, 15) is 0 Å². The van der Waals surface area contributed by atoms with Gasteiger partial charge in [-0.2, -0.15) is 0 Å². The molecule has 0 amide bonds. The number of nitrogens with one attached hydrogen (secondary N) is 1. The number of hydrogen-bond donors (Lipinski definition) is 1. The first-order chi connectivity index (χ1) is 15.2. The number of fused-ring (bicyclic) bond motifs is 1. The minimum Gasteiger partial charge on any atom is -0.377 e. The van der Waals surface area contributed by atoms with Crippen LogP contribution in [0.4, 0.5) is 5.82 Å². The highest BCUT2D eigenvalue weighted by molar-refractivity contribution is 5.91. The fourth-order valence-electron chi connectivity index (χ4n) is 4.30. The largest absolute Gasteiger partial charge is 0.377 e. The Morgan fingerprint density at radius 1 is 1.19 bits per heavy atom. The van der Waals surface area contributed by atoms with E-state index < -0.39 is 0 Å². The second kappa shape index (κ2) is 7.12. The first-order valence-corrected chi connectivity index (χ1v) is 10.8. The highest BCUT2D eigenvalue weighted by Gasteiger charge is 2.30. The van der Waals surface area contributed by atoms with Crippen molar-refractivity contribution in [3.05, 3.63) is 36.3 Å². The third kappa shape index (κ3) is 3.16. The van der Waals surface area contributed by atoms with Crippen molar-refractivity contribution in [3.8, 4) is 22.8 Å². The van der Waals surface area contributed by atoms with Gasteiger partial charge in [0.1, 0.15) is 17.2 Å². The van der Waals surface area contributed by atoms with Crippen molar-refractivity contribution >= 4 is 16.9 Å². The molecule has 4 aromatic rings. The number of rotatable bonds is 4. The Kier molecular flexibility index (Phi) is 4.24. The molecule has 0 bridgehead atoms. The van der Waals surface area contributed by atoms with Crippen LogP contribution in [0.5, 0.6) is 0 Å². The predicted octanol–water partition coefficient (Wildman–Crippen LogP) is 3.15.